The van der Waals surface area contributed by atoms with E-state index in [-0.39, 0.29) is 11.5 Å². The van der Waals surface area contributed by atoms with Gasteiger partial charge in [0.15, 0.2) is 0 Å². The molecule has 140 valence electrons. The fourth-order valence-corrected chi connectivity index (χ4v) is 3.99. The fourth-order valence-electron chi connectivity index (χ4n) is 3.09. The Labute approximate surface area is 165 Å². The van der Waals surface area contributed by atoms with Crippen LogP contribution in [0.25, 0.3) is 21.3 Å². The molecule has 0 bridgehead atoms. The number of fused-ring (bicyclic) bond motifs is 1. The number of hydrogen-bond donors (Lipinski definition) is 0. The molecule has 0 saturated carbocycles. The molecule has 2 aromatic carbocycles. The van der Waals surface area contributed by atoms with Crippen LogP contribution in [0.1, 0.15) is 21.5 Å². The molecule has 2 aromatic heterocycles. The summed E-state index contributed by atoms with van der Waals surface area (Å²) in [4.78, 5) is 29.9. The van der Waals surface area contributed by atoms with Crippen molar-refractivity contribution in [1.82, 2.24) is 9.55 Å². The molecule has 4 rings (SSSR count). The molecule has 0 saturated heterocycles. The van der Waals surface area contributed by atoms with Gasteiger partial charge in [-0.05, 0) is 30.2 Å². The zero-order valence-electron chi connectivity index (χ0n) is 15.5. The molecule has 0 radical (unpaired) electrons. The number of carbonyl (C=O) groups is 1. The van der Waals surface area contributed by atoms with E-state index in [1.54, 1.807) is 23.0 Å². The molecule has 0 aliphatic rings. The molecule has 4 aromatic rings. The molecule has 6 heteroatoms. The van der Waals surface area contributed by atoms with Crippen LogP contribution in [0.2, 0.25) is 0 Å². The second-order valence-corrected chi connectivity index (χ2v) is 7.42. The van der Waals surface area contributed by atoms with Gasteiger partial charge in [0.1, 0.15) is 4.83 Å². The van der Waals surface area contributed by atoms with Gasteiger partial charge < -0.3 is 4.74 Å². The van der Waals surface area contributed by atoms with Crippen molar-refractivity contribution in [3.05, 3.63) is 87.3 Å². The first-order valence-corrected chi connectivity index (χ1v) is 9.65. The standard InChI is InChI=1S/C22H18N2O3S/c1-14-3-7-16(8-4-14)18-12-28-20-19(18)21(25)24(13-23-20)11-15-5-9-17(10-6-15)22(26)27-2/h3-10,12-13H,11H2,1-2H3. The van der Waals surface area contributed by atoms with Gasteiger partial charge in [0.25, 0.3) is 5.56 Å². The number of methoxy groups -OCH3 is 1. The third-order valence-corrected chi connectivity index (χ3v) is 5.54. The quantitative estimate of drug-likeness (QED) is 0.488. The molecule has 0 fully saturated rings. The Hall–Kier alpha value is -3.25. The Balaban J connectivity index is 1.71. The maximum absolute atomic E-state index is 13.1. The first-order valence-electron chi connectivity index (χ1n) is 8.78. The molecule has 0 amide bonds. The second-order valence-electron chi connectivity index (χ2n) is 6.56. The first kappa shape index (κ1) is 18.1. The third-order valence-electron chi connectivity index (χ3n) is 4.65. The normalized spacial score (nSPS) is 10.9. The summed E-state index contributed by atoms with van der Waals surface area (Å²) >= 11 is 1.47. The Morgan fingerprint density at radius 2 is 1.82 bits per heavy atom. The summed E-state index contributed by atoms with van der Waals surface area (Å²) in [5, 5.41) is 2.63. The molecule has 0 unspecified atom stereocenters. The number of ether oxygens (including phenoxy) is 1. The van der Waals surface area contributed by atoms with E-state index >= 15 is 0 Å². The number of aromatic nitrogens is 2. The van der Waals surface area contributed by atoms with Crippen molar-refractivity contribution in [2.24, 2.45) is 0 Å². The van der Waals surface area contributed by atoms with Crippen molar-refractivity contribution < 1.29 is 9.53 Å². The fraction of sp³-hybridized carbons (Fsp3) is 0.136. The predicted octanol–water partition coefficient (Wildman–Crippen LogP) is 4.27. The van der Waals surface area contributed by atoms with Crippen LogP contribution in [0.3, 0.4) is 0 Å². The number of hydrogen-bond acceptors (Lipinski definition) is 5. The van der Waals surface area contributed by atoms with Gasteiger partial charge in [-0.3, -0.25) is 9.36 Å². The maximum Gasteiger partial charge on any atom is 0.337 e. The SMILES string of the molecule is COC(=O)c1ccc(Cn2cnc3scc(-c4ccc(C)cc4)c3c2=O)cc1. The molecule has 0 atom stereocenters. The second kappa shape index (κ2) is 7.40. The number of benzene rings is 2. The highest BCUT2D eigenvalue weighted by Crippen LogP contribution is 2.30. The van der Waals surface area contributed by atoms with E-state index in [1.165, 1.54) is 24.0 Å². The summed E-state index contributed by atoms with van der Waals surface area (Å²) in [6.45, 7) is 2.42. The molecule has 0 aliphatic heterocycles. The van der Waals surface area contributed by atoms with Crippen molar-refractivity contribution in [1.29, 1.82) is 0 Å². The third kappa shape index (κ3) is 3.34. The average molecular weight is 390 g/mol. The van der Waals surface area contributed by atoms with Gasteiger partial charge in [0, 0.05) is 10.9 Å². The number of aryl methyl sites for hydroxylation is 1. The Bertz CT molecular complexity index is 1210. The first-order chi connectivity index (χ1) is 13.6. The van der Waals surface area contributed by atoms with Crippen LogP contribution in [-0.2, 0) is 11.3 Å². The summed E-state index contributed by atoms with van der Waals surface area (Å²) < 4.78 is 6.31. The molecule has 0 spiro atoms. The van der Waals surface area contributed by atoms with E-state index in [2.05, 4.69) is 4.98 Å². The van der Waals surface area contributed by atoms with Crippen LogP contribution in [0.4, 0.5) is 0 Å². The minimum atomic E-state index is -0.382. The number of carbonyl (C=O) groups excluding carboxylic acids is 1. The Morgan fingerprint density at radius 1 is 1.11 bits per heavy atom. The zero-order chi connectivity index (χ0) is 19.7. The molecule has 28 heavy (non-hydrogen) atoms. The number of nitrogens with zero attached hydrogens (tertiary/aromatic N) is 2. The molecule has 5 nitrogen and oxygen atoms in total. The van der Waals surface area contributed by atoms with Crippen LogP contribution in [0, 0.1) is 6.92 Å². The van der Waals surface area contributed by atoms with Gasteiger partial charge in [-0.15, -0.1) is 11.3 Å². The van der Waals surface area contributed by atoms with Crippen LogP contribution in [-0.4, -0.2) is 22.6 Å². The highest BCUT2D eigenvalue weighted by atomic mass is 32.1. The minimum absolute atomic E-state index is 0.0705. The Kier molecular flexibility index (Phi) is 4.79. The van der Waals surface area contributed by atoms with E-state index in [9.17, 15) is 9.59 Å². The number of esters is 1. The van der Waals surface area contributed by atoms with Crippen LogP contribution >= 0.6 is 11.3 Å². The van der Waals surface area contributed by atoms with Crippen LogP contribution < -0.4 is 5.56 Å². The number of rotatable bonds is 4. The molecule has 0 N–H and O–H groups in total. The largest absolute Gasteiger partial charge is 0.465 e. The lowest BCUT2D eigenvalue weighted by Gasteiger charge is -2.07. The van der Waals surface area contributed by atoms with Gasteiger partial charge in [-0.25, -0.2) is 9.78 Å². The van der Waals surface area contributed by atoms with E-state index in [4.69, 9.17) is 4.74 Å². The lowest BCUT2D eigenvalue weighted by atomic mass is 10.1. The smallest absolute Gasteiger partial charge is 0.337 e. The summed E-state index contributed by atoms with van der Waals surface area (Å²) in [6, 6.07) is 15.2. The van der Waals surface area contributed by atoms with E-state index in [0.717, 1.165) is 21.5 Å². The molecule has 2 heterocycles. The van der Waals surface area contributed by atoms with E-state index < -0.39 is 0 Å². The Morgan fingerprint density at radius 3 is 2.50 bits per heavy atom. The van der Waals surface area contributed by atoms with Gasteiger partial charge in [0.05, 0.1) is 30.9 Å². The molecule has 0 aliphatic carbocycles. The van der Waals surface area contributed by atoms with E-state index in [0.29, 0.717) is 17.5 Å². The minimum Gasteiger partial charge on any atom is -0.465 e. The van der Waals surface area contributed by atoms with E-state index in [1.807, 2.05) is 48.7 Å². The van der Waals surface area contributed by atoms with Gasteiger partial charge in [0.2, 0.25) is 0 Å². The summed E-state index contributed by atoms with van der Waals surface area (Å²) in [5.41, 5.74) is 4.41. The van der Waals surface area contributed by atoms with Crippen LogP contribution in [0.5, 0.6) is 0 Å². The van der Waals surface area contributed by atoms with Crippen molar-refractivity contribution in [2.45, 2.75) is 13.5 Å². The van der Waals surface area contributed by atoms with Crippen molar-refractivity contribution in [3.8, 4) is 11.1 Å². The van der Waals surface area contributed by atoms with Crippen molar-refractivity contribution >= 4 is 27.5 Å². The topological polar surface area (TPSA) is 61.2 Å². The lowest BCUT2D eigenvalue weighted by Crippen LogP contribution is -2.21. The lowest BCUT2D eigenvalue weighted by molar-refractivity contribution is 0.0600. The summed E-state index contributed by atoms with van der Waals surface area (Å²) in [5.74, 6) is -0.382. The van der Waals surface area contributed by atoms with Crippen LogP contribution in [0.15, 0.2) is 65.0 Å². The van der Waals surface area contributed by atoms with Gasteiger partial charge in [-0.2, -0.15) is 0 Å². The van der Waals surface area contributed by atoms with Crippen molar-refractivity contribution in [3.63, 3.8) is 0 Å². The summed E-state index contributed by atoms with van der Waals surface area (Å²) in [7, 11) is 1.35. The highest BCUT2D eigenvalue weighted by Gasteiger charge is 2.13. The maximum atomic E-state index is 13.1. The monoisotopic (exact) mass is 390 g/mol. The number of thiophene rings is 1. The van der Waals surface area contributed by atoms with Gasteiger partial charge in [-0.1, -0.05) is 42.0 Å². The highest BCUT2D eigenvalue weighted by molar-refractivity contribution is 7.17. The van der Waals surface area contributed by atoms with Crippen molar-refractivity contribution in [2.75, 3.05) is 7.11 Å². The average Bonchev–Trinajstić information content (AvgIpc) is 3.15. The molecular formula is C22H18N2O3S. The zero-order valence-corrected chi connectivity index (χ0v) is 16.3. The predicted molar refractivity (Wildman–Crippen MR) is 111 cm³/mol. The molecular weight excluding hydrogens is 372 g/mol. The van der Waals surface area contributed by atoms with Gasteiger partial charge >= 0.3 is 5.97 Å². The summed E-state index contributed by atoms with van der Waals surface area (Å²) in [6.07, 6.45) is 1.58.